The molecule has 8 N–H and O–H groups in total. The number of amidine groups is 1. The molecule has 1 aromatic heterocycles. The Hall–Kier alpha value is -2.74. The van der Waals surface area contributed by atoms with Gasteiger partial charge in [-0.05, 0) is 25.1 Å². The zero-order valence-electron chi connectivity index (χ0n) is 13.1. The van der Waals surface area contributed by atoms with Crippen LogP contribution in [0.1, 0.15) is 11.3 Å². The van der Waals surface area contributed by atoms with E-state index in [4.69, 9.17) is 17.2 Å². The van der Waals surface area contributed by atoms with Crippen LogP contribution in [0.25, 0.3) is 10.9 Å². The van der Waals surface area contributed by atoms with E-state index in [1.807, 2.05) is 30.0 Å². The highest BCUT2D eigenvalue weighted by atomic mass is 15.3. The summed E-state index contributed by atoms with van der Waals surface area (Å²) in [6.45, 7) is 5.29. The van der Waals surface area contributed by atoms with Gasteiger partial charge in [0.05, 0.1) is 5.52 Å². The third-order valence-electron chi connectivity index (χ3n) is 3.94. The van der Waals surface area contributed by atoms with Crippen molar-refractivity contribution in [3.63, 3.8) is 0 Å². The third kappa shape index (κ3) is 3.07. The number of hydrogen-bond acceptors (Lipinski definition) is 6. The number of rotatable bonds is 3. The number of hydrogen-bond donors (Lipinski definition) is 5. The molecule has 3 rings (SSSR count). The highest BCUT2D eigenvalue weighted by molar-refractivity contribution is 6.01. The quantitative estimate of drug-likeness (QED) is 0.384. The van der Waals surface area contributed by atoms with E-state index in [1.165, 1.54) is 0 Å². The SMILES string of the molecule is Cc1[nH]nc2ccc(/C(N)=N/C(=C(N)N)N3CCNCC3)cc12. The van der Waals surface area contributed by atoms with Crippen LogP contribution in [0.15, 0.2) is 34.8 Å². The first-order valence-corrected chi connectivity index (χ1v) is 7.56. The maximum atomic E-state index is 6.18. The molecule has 0 unspecified atom stereocenters. The summed E-state index contributed by atoms with van der Waals surface area (Å²) in [7, 11) is 0. The van der Waals surface area contributed by atoms with Crippen LogP contribution in [0, 0.1) is 6.92 Å². The average molecular weight is 314 g/mol. The highest BCUT2D eigenvalue weighted by Crippen LogP contribution is 2.18. The van der Waals surface area contributed by atoms with Crippen LogP contribution in [0.4, 0.5) is 0 Å². The summed E-state index contributed by atoms with van der Waals surface area (Å²) in [5, 5.41) is 11.5. The van der Waals surface area contributed by atoms with Crippen molar-refractivity contribution < 1.29 is 0 Å². The Bertz CT molecular complexity index is 763. The van der Waals surface area contributed by atoms with Crippen LogP contribution in [0.5, 0.6) is 0 Å². The van der Waals surface area contributed by atoms with Crippen LogP contribution in [-0.4, -0.2) is 47.1 Å². The number of aromatic amines is 1. The standard InChI is InChI=1S/C15H22N8/c1-9-11-8-10(2-3-12(11)22-21-9)14(18)20-15(13(16)17)23-6-4-19-5-7-23/h2-3,8,19H,4-7,16-17H2,1H3,(H2,18,20)(H,21,22). The second kappa shape index (κ2) is 6.17. The molecule has 0 saturated carbocycles. The Kier molecular flexibility index (Phi) is 4.07. The Morgan fingerprint density at radius 2 is 1.96 bits per heavy atom. The van der Waals surface area contributed by atoms with E-state index >= 15 is 0 Å². The second-order valence-electron chi connectivity index (χ2n) is 5.59. The van der Waals surface area contributed by atoms with Gasteiger partial charge >= 0.3 is 0 Å². The van der Waals surface area contributed by atoms with E-state index in [9.17, 15) is 0 Å². The molecule has 1 aromatic carbocycles. The lowest BCUT2D eigenvalue weighted by molar-refractivity contribution is 0.293. The predicted molar refractivity (Wildman–Crippen MR) is 91.4 cm³/mol. The molecule has 8 nitrogen and oxygen atoms in total. The normalized spacial score (nSPS) is 15.9. The summed E-state index contributed by atoms with van der Waals surface area (Å²) < 4.78 is 0. The second-order valence-corrected chi connectivity index (χ2v) is 5.59. The van der Waals surface area contributed by atoms with Crippen LogP contribution in [-0.2, 0) is 0 Å². The fourth-order valence-electron chi connectivity index (χ4n) is 2.67. The monoisotopic (exact) mass is 314 g/mol. The summed E-state index contributed by atoms with van der Waals surface area (Å²) in [5.74, 6) is 1.10. The summed E-state index contributed by atoms with van der Waals surface area (Å²) >= 11 is 0. The molecule has 0 atom stereocenters. The van der Waals surface area contributed by atoms with E-state index in [0.717, 1.165) is 48.3 Å². The number of piperazine rings is 1. The number of aryl methyl sites for hydroxylation is 1. The molecule has 8 heteroatoms. The smallest absolute Gasteiger partial charge is 0.171 e. The first-order valence-electron chi connectivity index (χ1n) is 7.56. The maximum Gasteiger partial charge on any atom is 0.171 e. The number of aromatic nitrogens is 2. The zero-order chi connectivity index (χ0) is 16.4. The van der Waals surface area contributed by atoms with Gasteiger partial charge in [0.1, 0.15) is 11.7 Å². The first-order chi connectivity index (χ1) is 11.1. The molecule has 0 spiro atoms. The number of nitrogens with one attached hydrogen (secondary N) is 2. The number of benzene rings is 1. The van der Waals surface area contributed by atoms with Crippen molar-refractivity contribution in [2.24, 2.45) is 22.2 Å². The van der Waals surface area contributed by atoms with Gasteiger partial charge in [0, 0.05) is 42.8 Å². The van der Waals surface area contributed by atoms with Crippen LogP contribution in [0.2, 0.25) is 0 Å². The van der Waals surface area contributed by atoms with Gasteiger partial charge in [-0.1, -0.05) is 0 Å². The largest absolute Gasteiger partial charge is 0.383 e. The Morgan fingerprint density at radius 1 is 1.22 bits per heavy atom. The molecule has 1 aliphatic rings. The van der Waals surface area contributed by atoms with Gasteiger partial charge in [-0.2, -0.15) is 5.10 Å². The van der Waals surface area contributed by atoms with E-state index in [1.54, 1.807) is 0 Å². The molecule has 23 heavy (non-hydrogen) atoms. The molecule has 2 aromatic rings. The van der Waals surface area contributed by atoms with Gasteiger partial charge in [-0.3, -0.25) is 5.10 Å². The Labute approximate surface area is 134 Å². The molecule has 1 aliphatic heterocycles. The van der Waals surface area contributed by atoms with E-state index in [2.05, 4.69) is 20.5 Å². The lowest BCUT2D eigenvalue weighted by Gasteiger charge is -2.29. The molecule has 2 heterocycles. The molecule has 1 fully saturated rings. The Balaban J connectivity index is 1.94. The fourth-order valence-corrected chi connectivity index (χ4v) is 2.67. The van der Waals surface area contributed by atoms with E-state index in [-0.39, 0.29) is 5.82 Å². The van der Waals surface area contributed by atoms with Gasteiger partial charge in [0.2, 0.25) is 0 Å². The highest BCUT2D eigenvalue weighted by Gasteiger charge is 2.16. The van der Waals surface area contributed by atoms with Crippen molar-refractivity contribution in [3.05, 3.63) is 41.1 Å². The number of aliphatic imine (C=N–C) groups is 1. The maximum absolute atomic E-state index is 6.18. The topological polar surface area (TPSA) is 134 Å². The molecule has 0 radical (unpaired) electrons. The summed E-state index contributed by atoms with van der Waals surface area (Å²) in [6.07, 6.45) is 0. The molecule has 122 valence electrons. The predicted octanol–water partition coefficient (Wildman–Crippen LogP) is -0.474. The summed E-state index contributed by atoms with van der Waals surface area (Å²) in [4.78, 5) is 6.52. The molecule has 0 amide bonds. The molecule has 1 saturated heterocycles. The first kappa shape index (κ1) is 15.2. The number of H-pyrrole nitrogens is 1. The average Bonchev–Trinajstić information content (AvgIpc) is 2.93. The zero-order valence-corrected chi connectivity index (χ0v) is 13.1. The van der Waals surface area contributed by atoms with Crippen molar-refractivity contribution in [1.29, 1.82) is 0 Å². The van der Waals surface area contributed by atoms with Crippen LogP contribution < -0.4 is 22.5 Å². The van der Waals surface area contributed by atoms with Gasteiger partial charge in [-0.25, -0.2) is 4.99 Å². The lowest BCUT2D eigenvalue weighted by Crippen LogP contribution is -2.44. The van der Waals surface area contributed by atoms with Gasteiger partial charge in [0.15, 0.2) is 5.82 Å². The number of nitrogens with zero attached hydrogens (tertiary/aromatic N) is 3. The minimum Gasteiger partial charge on any atom is -0.383 e. The molecule has 0 bridgehead atoms. The van der Waals surface area contributed by atoms with Crippen molar-refractivity contribution in [2.75, 3.05) is 26.2 Å². The van der Waals surface area contributed by atoms with Gasteiger partial charge < -0.3 is 27.4 Å². The van der Waals surface area contributed by atoms with Gasteiger partial charge in [-0.15, -0.1) is 0 Å². The van der Waals surface area contributed by atoms with Crippen molar-refractivity contribution >= 4 is 16.7 Å². The van der Waals surface area contributed by atoms with Crippen molar-refractivity contribution in [3.8, 4) is 0 Å². The molecular weight excluding hydrogens is 292 g/mol. The minimum atomic E-state index is 0.176. The molecular formula is C15H22N8. The van der Waals surface area contributed by atoms with Crippen LogP contribution >= 0.6 is 0 Å². The van der Waals surface area contributed by atoms with Gasteiger partial charge in [0.25, 0.3) is 0 Å². The molecule has 0 aliphatic carbocycles. The lowest BCUT2D eigenvalue weighted by atomic mass is 10.1. The number of fused-ring (bicyclic) bond motifs is 1. The van der Waals surface area contributed by atoms with Crippen molar-refractivity contribution in [1.82, 2.24) is 20.4 Å². The van der Waals surface area contributed by atoms with Crippen molar-refractivity contribution in [2.45, 2.75) is 6.92 Å². The number of nitrogens with two attached hydrogens (primary N) is 3. The third-order valence-corrected chi connectivity index (χ3v) is 3.94. The van der Waals surface area contributed by atoms with E-state index < -0.39 is 0 Å². The minimum absolute atomic E-state index is 0.176. The fraction of sp³-hybridized carbons (Fsp3) is 0.333. The summed E-state index contributed by atoms with van der Waals surface area (Å²) in [6, 6.07) is 5.77. The Morgan fingerprint density at radius 3 is 2.65 bits per heavy atom. The van der Waals surface area contributed by atoms with Crippen LogP contribution in [0.3, 0.4) is 0 Å². The summed E-state index contributed by atoms with van der Waals surface area (Å²) in [5.41, 5.74) is 20.5. The van der Waals surface area contributed by atoms with E-state index in [0.29, 0.717) is 11.7 Å².